The molecule has 1 atom stereocenters. The molecule has 1 aliphatic heterocycles. The summed E-state index contributed by atoms with van der Waals surface area (Å²) in [4.78, 5) is 2.66. The van der Waals surface area contributed by atoms with E-state index in [4.69, 9.17) is 0 Å². The molecule has 0 bridgehead atoms. The first-order valence-electron chi connectivity index (χ1n) is 7.77. The van der Waals surface area contributed by atoms with Crippen molar-refractivity contribution in [3.8, 4) is 0 Å². The third kappa shape index (κ3) is 3.50. The third-order valence-electron chi connectivity index (χ3n) is 4.30. The van der Waals surface area contributed by atoms with Crippen LogP contribution in [-0.4, -0.2) is 19.6 Å². The summed E-state index contributed by atoms with van der Waals surface area (Å²) in [5, 5.41) is 3.23. The maximum Gasteiger partial charge on any atom is 0.0398 e. The molecule has 106 valence electrons. The molecular formula is C17H28N2. The molecule has 1 aliphatic rings. The average Bonchev–Trinajstić information content (AvgIpc) is 2.64. The van der Waals surface area contributed by atoms with Crippen molar-refractivity contribution < 1.29 is 0 Å². The lowest BCUT2D eigenvalue weighted by Gasteiger charge is -2.33. The average molecular weight is 260 g/mol. The van der Waals surface area contributed by atoms with Crippen molar-refractivity contribution in [2.24, 2.45) is 0 Å². The summed E-state index contributed by atoms with van der Waals surface area (Å²) in [7, 11) is 2.01. The number of rotatable bonds is 4. The van der Waals surface area contributed by atoms with E-state index in [1.54, 1.807) is 0 Å². The maximum atomic E-state index is 3.23. The molecule has 1 fully saturated rings. The number of anilines is 1. The van der Waals surface area contributed by atoms with E-state index in [1.165, 1.54) is 55.5 Å². The number of nitrogens with zero attached hydrogens (tertiary/aromatic N) is 1. The second-order valence-electron chi connectivity index (χ2n) is 5.76. The normalized spacial score (nSPS) is 20.4. The molecule has 0 aliphatic carbocycles. The summed E-state index contributed by atoms with van der Waals surface area (Å²) in [6.45, 7) is 6.77. The van der Waals surface area contributed by atoms with E-state index in [9.17, 15) is 0 Å². The van der Waals surface area contributed by atoms with E-state index in [0.717, 1.165) is 12.6 Å². The van der Waals surface area contributed by atoms with Crippen molar-refractivity contribution in [3.05, 3.63) is 29.3 Å². The van der Waals surface area contributed by atoms with Crippen molar-refractivity contribution in [1.29, 1.82) is 0 Å². The molecule has 2 rings (SSSR count). The lowest BCUT2D eigenvalue weighted by atomic mass is 10.0. The summed E-state index contributed by atoms with van der Waals surface area (Å²) in [6.07, 6.45) is 6.75. The lowest BCUT2D eigenvalue weighted by Crippen LogP contribution is -2.34. The van der Waals surface area contributed by atoms with Crippen LogP contribution in [0.5, 0.6) is 0 Å². The van der Waals surface area contributed by atoms with Gasteiger partial charge in [0.25, 0.3) is 0 Å². The molecule has 0 radical (unpaired) electrons. The van der Waals surface area contributed by atoms with Gasteiger partial charge in [-0.2, -0.15) is 0 Å². The van der Waals surface area contributed by atoms with Crippen LogP contribution < -0.4 is 10.2 Å². The fourth-order valence-corrected chi connectivity index (χ4v) is 3.27. The van der Waals surface area contributed by atoms with Crippen molar-refractivity contribution in [1.82, 2.24) is 5.32 Å². The molecule has 1 heterocycles. The summed E-state index contributed by atoms with van der Waals surface area (Å²) >= 11 is 0. The minimum absolute atomic E-state index is 0.733. The number of benzene rings is 1. The van der Waals surface area contributed by atoms with Crippen LogP contribution in [0.3, 0.4) is 0 Å². The van der Waals surface area contributed by atoms with E-state index >= 15 is 0 Å². The predicted molar refractivity (Wildman–Crippen MR) is 83.8 cm³/mol. The minimum atomic E-state index is 0.733. The zero-order valence-corrected chi connectivity index (χ0v) is 12.7. The van der Waals surface area contributed by atoms with Crippen LogP contribution in [0.25, 0.3) is 0 Å². The summed E-state index contributed by atoms with van der Waals surface area (Å²) in [5.41, 5.74) is 4.26. The predicted octanol–water partition coefficient (Wildman–Crippen LogP) is 3.87. The van der Waals surface area contributed by atoms with Gasteiger partial charge < -0.3 is 10.2 Å². The van der Waals surface area contributed by atoms with E-state index in [1.807, 2.05) is 7.05 Å². The van der Waals surface area contributed by atoms with Crippen LogP contribution in [-0.2, 0) is 6.54 Å². The van der Waals surface area contributed by atoms with Crippen LogP contribution in [0.1, 0.15) is 50.2 Å². The maximum absolute atomic E-state index is 3.23. The molecule has 19 heavy (non-hydrogen) atoms. The molecule has 0 amide bonds. The molecule has 1 unspecified atom stereocenters. The molecule has 1 N–H and O–H groups in total. The topological polar surface area (TPSA) is 15.3 Å². The molecule has 2 heteroatoms. The fraction of sp³-hybridized carbons (Fsp3) is 0.647. The largest absolute Gasteiger partial charge is 0.368 e. The summed E-state index contributed by atoms with van der Waals surface area (Å²) in [5.74, 6) is 0. The second-order valence-corrected chi connectivity index (χ2v) is 5.76. The Morgan fingerprint density at radius 2 is 2.11 bits per heavy atom. The summed E-state index contributed by atoms with van der Waals surface area (Å²) in [6, 6.07) is 7.67. The number of hydrogen-bond acceptors (Lipinski definition) is 2. The summed E-state index contributed by atoms with van der Waals surface area (Å²) < 4.78 is 0. The highest BCUT2D eigenvalue weighted by Crippen LogP contribution is 2.29. The Hall–Kier alpha value is -1.02. The van der Waals surface area contributed by atoms with Gasteiger partial charge in [-0.15, -0.1) is 0 Å². The molecule has 1 saturated heterocycles. The standard InChI is InChI=1S/C17H28N2/c1-4-16-8-6-5-7-11-19(16)17-10-9-15(13-18-3)12-14(17)2/h9-10,12,16,18H,4-8,11,13H2,1-3H3. The van der Waals surface area contributed by atoms with Crippen LogP contribution in [0.2, 0.25) is 0 Å². The zero-order chi connectivity index (χ0) is 13.7. The van der Waals surface area contributed by atoms with Gasteiger partial charge in [0.15, 0.2) is 0 Å². The van der Waals surface area contributed by atoms with Crippen molar-refractivity contribution >= 4 is 5.69 Å². The number of hydrogen-bond donors (Lipinski definition) is 1. The highest BCUT2D eigenvalue weighted by atomic mass is 15.2. The van der Waals surface area contributed by atoms with E-state index in [-0.39, 0.29) is 0 Å². The van der Waals surface area contributed by atoms with Crippen LogP contribution >= 0.6 is 0 Å². The molecule has 1 aromatic rings. The number of nitrogens with one attached hydrogen (secondary N) is 1. The lowest BCUT2D eigenvalue weighted by molar-refractivity contribution is 0.555. The first-order valence-corrected chi connectivity index (χ1v) is 7.77. The molecule has 2 nitrogen and oxygen atoms in total. The fourth-order valence-electron chi connectivity index (χ4n) is 3.27. The minimum Gasteiger partial charge on any atom is -0.368 e. The van der Waals surface area contributed by atoms with Crippen molar-refractivity contribution in [2.45, 2.75) is 58.5 Å². The van der Waals surface area contributed by atoms with E-state index < -0.39 is 0 Å². The van der Waals surface area contributed by atoms with Gasteiger partial charge in [-0.3, -0.25) is 0 Å². The Bertz CT molecular complexity index is 400. The van der Waals surface area contributed by atoms with Crippen LogP contribution in [0.4, 0.5) is 5.69 Å². The second kappa shape index (κ2) is 6.95. The van der Waals surface area contributed by atoms with Gasteiger partial charge in [-0.25, -0.2) is 0 Å². The van der Waals surface area contributed by atoms with Crippen LogP contribution in [0, 0.1) is 6.92 Å². The van der Waals surface area contributed by atoms with E-state index in [0.29, 0.717) is 0 Å². The highest BCUT2D eigenvalue weighted by molar-refractivity contribution is 5.55. The molecule has 0 spiro atoms. The van der Waals surface area contributed by atoms with Gasteiger partial charge in [0, 0.05) is 24.8 Å². The molecule has 0 saturated carbocycles. The number of aryl methyl sites for hydroxylation is 1. The Morgan fingerprint density at radius 1 is 1.26 bits per heavy atom. The zero-order valence-electron chi connectivity index (χ0n) is 12.7. The van der Waals surface area contributed by atoms with Gasteiger partial charge in [-0.1, -0.05) is 31.9 Å². The van der Waals surface area contributed by atoms with Gasteiger partial charge in [0.1, 0.15) is 0 Å². The van der Waals surface area contributed by atoms with Gasteiger partial charge >= 0.3 is 0 Å². The Morgan fingerprint density at radius 3 is 2.79 bits per heavy atom. The molecule has 1 aromatic carbocycles. The van der Waals surface area contributed by atoms with Gasteiger partial charge in [0.05, 0.1) is 0 Å². The van der Waals surface area contributed by atoms with Gasteiger partial charge in [0.2, 0.25) is 0 Å². The third-order valence-corrected chi connectivity index (χ3v) is 4.30. The highest BCUT2D eigenvalue weighted by Gasteiger charge is 2.20. The first-order chi connectivity index (χ1) is 9.26. The smallest absolute Gasteiger partial charge is 0.0398 e. The van der Waals surface area contributed by atoms with Crippen molar-refractivity contribution in [3.63, 3.8) is 0 Å². The van der Waals surface area contributed by atoms with E-state index in [2.05, 4.69) is 42.3 Å². The SMILES string of the molecule is CCC1CCCCCN1c1ccc(CNC)cc1C. The Kier molecular flexibility index (Phi) is 5.26. The van der Waals surface area contributed by atoms with Crippen LogP contribution in [0.15, 0.2) is 18.2 Å². The Labute approximate surface area is 118 Å². The Balaban J connectivity index is 2.23. The molecule has 0 aromatic heterocycles. The van der Waals surface area contributed by atoms with Crippen molar-refractivity contribution in [2.75, 3.05) is 18.5 Å². The molecular weight excluding hydrogens is 232 g/mol. The monoisotopic (exact) mass is 260 g/mol. The quantitative estimate of drug-likeness (QED) is 0.884. The van der Waals surface area contributed by atoms with Gasteiger partial charge in [-0.05, 0) is 50.4 Å². The first kappa shape index (κ1) is 14.4.